The molecule has 0 fully saturated rings. The van der Waals surface area contributed by atoms with E-state index < -0.39 is 23.6 Å². The molecule has 0 bridgehead atoms. The van der Waals surface area contributed by atoms with Crippen molar-refractivity contribution in [3.05, 3.63) is 65.2 Å². The van der Waals surface area contributed by atoms with Crippen molar-refractivity contribution in [3.8, 4) is 0 Å². The molecule has 0 radical (unpaired) electrons. The molecule has 1 atom stereocenters. The highest BCUT2D eigenvalue weighted by atomic mass is 19.1. The second-order valence-corrected chi connectivity index (χ2v) is 4.95. The van der Waals surface area contributed by atoms with Gasteiger partial charge in [0.1, 0.15) is 17.7 Å². The first-order valence-corrected chi connectivity index (χ1v) is 6.72. The minimum atomic E-state index is -0.658. The molecule has 108 valence electrons. The van der Waals surface area contributed by atoms with Gasteiger partial charge in [-0.3, -0.25) is 4.79 Å². The minimum Gasteiger partial charge on any atom is -0.322 e. The number of fused-ring (bicyclic) bond motifs is 1. The molecular formula is C16H14F2N2O. The van der Waals surface area contributed by atoms with Crippen LogP contribution in [0.1, 0.15) is 17.2 Å². The molecule has 5 heteroatoms. The number of amides is 1. The molecule has 2 aromatic carbocycles. The molecule has 0 aromatic heterocycles. The number of carbonyl (C=O) groups is 1. The second kappa shape index (κ2) is 5.61. The average molecular weight is 288 g/mol. The SMILES string of the molecule is O=C(Nc1cc(F)ccc1F)C1NCCc2ccccc21. The van der Waals surface area contributed by atoms with Crippen molar-refractivity contribution in [2.75, 3.05) is 11.9 Å². The molecule has 1 aliphatic heterocycles. The molecular weight excluding hydrogens is 274 g/mol. The average Bonchev–Trinajstić information content (AvgIpc) is 2.50. The zero-order valence-electron chi connectivity index (χ0n) is 11.2. The van der Waals surface area contributed by atoms with Crippen molar-refractivity contribution in [2.24, 2.45) is 0 Å². The summed E-state index contributed by atoms with van der Waals surface area (Å²) in [5.41, 5.74) is 1.82. The van der Waals surface area contributed by atoms with Crippen LogP contribution in [-0.4, -0.2) is 12.5 Å². The number of carbonyl (C=O) groups excluding carboxylic acids is 1. The van der Waals surface area contributed by atoms with E-state index in [0.717, 1.165) is 35.7 Å². The van der Waals surface area contributed by atoms with Crippen LogP contribution >= 0.6 is 0 Å². The fraction of sp³-hybridized carbons (Fsp3) is 0.188. The lowest BCUT2D eigenvalue weighted by Gasteiger charge is -2.26. The summed E-state index contributed by atoms with van der Waals surface area (Å²) in [6, 6.07) is 10.0. The van der Waals surface area contributed by atoms with Gasteiger partial charge in [-0.2, -0.15) is 0 Å². The monoisotopic (exact) mass is 288 g/mol. The Morgan fingerprint density at radius 3 is 2.86 bits per heavy atom. The maximum absolute atomic E-state index is 13.6. The molecule has 21 heavy (non-hydrogen) atoms. The lowest BCUT2D eigenvalue weighted by Crippen LogP contribution is -2.38. The van der Waals surface area contributed by atoms with E-state index >= 15 is 0 Å². The van der Waals surface area contributed by atoms with Gasteiger partial charge in [0, 0.05) is 12.6 Å². The molecule has 3 rings (SSSR count). The number of anilines is 1. The number of nitrogens with one attached hydrogen (secondary N) is 2. The normalized spacial score (nSPS) is 17.1. The Morgan fingerprint density at radius 2 is 2.00 bits per heavy atom. The van der Waals surface area contributed by atoms with Crippen molar-refractivity contribution in [1.29, 1.82) is 0 Å². The van der Waals surface area contributed by atoms with Gasteiger partial charge in [0.05, 0.1) is 5.69 Å². The Bertz CT molecular complexity index is 688. The summed E-state index contributed by atoms with van der Waals surface area (Å²) in [4.78, 5) is 12.3. The topological polar surface area (TPSA) is 41.1 Å². The van der Waals surface area contributed by atoms with Crippen molar-refractivity contribution >= 4 is 11.6 Å². The van der Waals surface area contributed by atoms with Gasteiger partial charge >= 0.3 is 0 Å². The zero-order chi connectivity index (χ0) is 14.8. The first-order valence-electron chi connectivity index (χ1n) is 6.72. The third-order valence-corrected chi connectivity index (χ3v) is 3.56. The van der Waals surface area contributed by atoms with Gasteiger partial charge in [0.15, 0.2) is 0 Å². The lowest BCUT2D eigenvalue weighted by atomic mass is 9.94. The summed E-state index contributed by atoms with van der Waals surface area (Å²) in [5, 5.41) is 5.55. The van der Waals surface area contributed by atoms with E-state index in [4.69, 9.17) is 0 Å². The first-order chi connectivity index (χ1) is 10.1. The van der Waals surface area contributed by atoms with E-state index in [-0.39, 0.29) is 5.69 Å². The zero-order valence-corrected chi connectivity index (χ0v) is 11.2. The van der Waals surface area contributed by atoms with Crippen LogP contribution in [-0.2, 0) is 11.2 Å². The van der Waals surface area contributed by atoms with E-state index in [1.807, 2.05) is 24.3 Å². The summed E-state index contributed by atoms with van der Waals surface area (Å²) < 4.78 is 26.7. The molecule has 1 heterocycles. The van der Waals surface area contributed by atoms with Gasteiger partial charge in [-0.25, -0.2) is 8.78 Å². The molecule has 0 aliphatic carbocycles. The summed E-state index contributed by atoms with van der Waals surface area (Å²) in [6.07, 6.45) is 0.842. The van der Waals surface area contributed by atoms with Gasteiger partial charge in [-0.05, 0) is 29.7 Å². The van der Waals surface area contributed by atoms with Gasteiger partial charge in [-0.15, -0.1) is 0 Å². The Labute approximate surface area is 121 Å². The molecule has 0 spiro atoms. The van der Waals surface area contributed by atoms with E-state index in [2.05, 4.69) is 10.6 Å². The van der Waals surface area contributed by atoms with E-state index in [9.17, 15) is 13.6 Å². The van der Waals surface area contributed by atoms with Gasteiger partial charge in [-0.1, -0.05) is 24.3 Å². The van der Waals surface area contributed by atoms with Crippen LogP contribution in [0.15, 0.2) is 42.5 Å². The van der Waals surface area contributed by atoms with Crippen molar-refractivity contribution in [2.45, 2.75) is 12.5 Å². The highest BCUT2D eigenvalue weighted by Gasteiger charge is 2.26. The van der Waals surface area contributed by atoms with Crippen LogP contribution in [0.4, 0.5) is 14.5 Å². The van der Waals surface area contributed by atoms with Gasteiger partial charge in [0.2, 0.25) is 5.91 Å². The maximum atomic E-state index is 13.6. The van der Waals surface area contributed by atoms with E-state index in [1.54, 1.807) is 0 Å². The summed E-state index contributed by atoms with van der Waals surface area (Å²) in [7, 11) is 0. The number of rotatable bonds is 2. The second-order valence-electron chi connectivity index (χ2n) is 4.95. The lowest BCUT2D eigenvalue weighted by molar-refractivity contribution is -0.118. The Hall–Kier alpha value is -2.27. The predicted molar refractivity (Wildman–Crippen MR) is 75.9 cm³/mol. The largest absolute Gasteiger partial charge is 0.322 e. The number of benzene rings is 2. The highest BCUT2D eigenvalue weighted by Crippen LogP contribution is 2.24. The summed E-state index contributed by atoms with van der Waals surface area (Å²) in [5.74, 6) is -1.65. The fourth-order valence-corrected chi connectivity index (χ4v) is 2.54. The van der Waals surface area contributed by atoms with Crippen LogP contribution in [0.3, 0.4) is 0 Å². The fourth-order valence-electron chi connectivity index (χ4n) is 2.54. The van der Waals surface area contributed by atoms with Gasteiger partial charge in [0.25, 0.3) is 0 Å². The van der Waals surface area contributed by atoms with E-state index in [0.29, 0.717) is 6.54 Å². The molecule has 0 saturated heterocycles. The molecule has 1 amide bonds. The Kier molecular flexibility index (Phi) is 3.66. The van der Waals surface area contributed by atoms with Crippen molar-refractivity contribution < 1.29 is 13.6 Å². The third kappa shape index (κ3) is 2.78. The minimum absolute atomic E-state index is 0.148. The number of hydrogen-bond donors (Lipinski definition) is 2. The maximum Gasteiger partial charge on any atom is 0.246 e. The highest BCUT2D eigenvalue weighted by molar-refractivity contribution is 5.96. The van der Waals surface area contributed by atoms with Crippen LogP contribution in [0.2, 0.25) is 0 Å². The standard InChI is InChI=1S/C16H14F2N2O/c17-11-5-6-13(18)14(9-11)20-16(21)15-12-4-2-1-3-10(12)7-8-19-15/h1-6,9,15,19H,7-8H2,(H,20,21). The Balaban J connectivity index is 1.85. The summed E-state index contributed by atoms with van der Waals surface area (Å²) in [6.45, 7) is 0.667. The quantitative estimate of drug-likeness (QED) is 0.892. The molecule has 1 aliphatic rings. The molecule has 2 aromatic rings. The van der Waals surface area contributed by atoms with Gasteiger partial charge < -0.3 is 10.6 Å². The molecule has 3 nitrogen and oxygen atoms in total. The smallest absolute Gasteiger partial charge is 0.246 e. The van der Waals surface area contributed by atoms with E-state index in [1.165, 1.54) is 0 Å². The molecule has 0 saturated carbocycles. The van der Waals surface area contributed by atoms with Crippen LogP contribution in [0.25, 0.3) is 0 Å². The van der Waals surface area contributed by atoms with Crippen LogP contribution in [0.5, 0.6) is 0 Å². The summed E-state index contributed by atoms with van der Waals surface area (Å²) >= 11 is 0. The Morgan fingerprint density at radius 1 is 1.19 bits per heavy atom. The van der Waals surface area contributed by atoms with Crippen molar-refractivity contribution in [3.63, 3.8) is 0 Å². The predicted octanol–water partition coefficient (Wildman–Crippen LogP) is 2.79. The number of halogens is 2. The van der Waals surface area contributed by atoms with Crippen molar-refractivity contribution in [1.82, 2.24) is 5.32 Å². The van der Waals surface area contributed by atoms with Crippen LogP contribution in [0, 0.1) is 11.6 Å². The van der Waals surface area contributed by atoms with Crippen LogP contribution < -0.4 is 10.6 Å². The number of hydrogen-bond acceptors (Lipinski definition) is 2. The third-order valence-electron chi connectivity index (χ3n) is 3.56. The molecule has 2 N–H and O–H groups in total. The first kappa shape index (κ1) is 13.7. The molecule has 1 unspecified atom stereocenters.